The molecule has 9 N–H and O–H groups in total. The smallest absolute Gasteiger partial charge is 0.321 e. The van der Waals surface area contributed by atoms with E-state index >= 15 is 0 Å². The number of aliphatic hydroxyl groups is 7. The largest absolute Gasteiger partial charge is 0.480 e. The summed E-state index contributed by atoms with van der Waals surface area (Å²) in [6.45, 7) is -1.43. The number of aliphatic carboxylic acids is 1. The quantitative estimate of drug-likeness (QED) is 0.161. The molecule has 2 aliphatic rings. The van der Waals surface area contributed by atoms with Crippen molar-refractivity contribution in [1.29, 1.82) is 0 Å². The maximum Gasteiger partial charge on any atom is 0.321 e. The molecule has 0 spiro atoms. The molecule has 2 aliphatic heterocycles. The predicted octanol–water partition coefficient (Wildman–Crippen LogP) is -4.10. The van der Waals surface area contributed by atoms with Crippen LogP contribution in [0.4, 0.5) is 0 Å². The van der Waals surface area contributed by atoms with E-state index in [1.807, 2.05) is 0 Å². The van der Waals surface area contributed by atoms with Gasteiger partial charge in [-0.2, -0.15) is 0 Å². The van der Waals surface area contributed by atoms with Crippen molar-refractivity contribution in [3.05, 3.63) is 35.9 Å². The normalized spacial score (nSPS) is 39.5. The lowest BCUT2D eigenvalue weighted by Crippen LogP contribution is -2.67. The van der Waals surface area contributed by atoms with Crippen molar-refractivity contribution >= 4 is 5.97 Å². The first-order chi connectivity index (χ1) is 16.2. The molecule has 34 heavy (non-hydrogen) atoms. The second kappa shape index (κ2) is 11.8. The third-order valence-electron chi connectivity index (χ3n) is 5.95. The van der Waals surface area contributed by atoms with Crippen molar-refractivity contribution in [2.24, 2.45) is 0 Å². The molecule has 0 amide bonds. The Morgan fingerprint density at radius 2 is 1.53 bits per heavy atom. The molecule has 1 aromatic rings. The summed E-state index contributed by atoms with van der Waals surface area (Å²) in [6, 6.07) is 7.52. The minimum atomic E-state index is -1.78. The standard InChI is InChI=1S/C21H31NO12/c23-7-11-13(25)14(26)17(29)21(33-11)34-18-12(8-24)32-19(16(28)15(18)27)22-10(20(30)31)6-9-4-2-1-3-5-9/h1-5,10-19,21-29H,6-8H2,(H,30,31)/t10-,11+,12+,13-,14-,15+,16+,17+,18+,19?,21-/m0/s1. The lowest BCUT2D eigenvalue weighted by molar-refractivity contribution is -0.343. The van der Waals surface area contributed by atoms with Gasteiger partial charge in [0.15, 0.2) is 6.29 Å². The molecule has 1 aromatic carbocycles. The van der Waals surface area contributed by atoms with Crippen LogP contribution in [0.25, 0.3) is 0 Å². The minimum Gasteiger partial charge on any atom is -0.480 e. The lowest BCUT2D eigenvalue weighted by Gasteiger charge is -2.46. The number of aliphatic hydroxyl groups excluding tert-OH is 7. The van der Waals surface area contributed by atoms with Crippen LogP contribution in [-0.4, -0.2) is 127 Å². The SMILES string of the molecule is O=C(O)[C@H](Cc1ccccc1)NC1O[C@H](CO)[C@@H](O[C@@H]2O[C@H](CO)[C@H](O)[C@H](O)[C@H]2O)[C@H](O)[C@H]1O. The predicted molar refractivity (Wildman–Crippen MR) is 111 cm³/mol. The van der Waals surface area contributed by atoms with Crippen LogP contribution in [0, 0.1) is 0 Å². The number of carbonyl (C=O) groups is 1. The fourth-order valence-corrected chi connectivity index (χ4v) is 3.99. The molecule has 0 radical (unpaired) electrons. The lowest BCUT2D eigenvalue weighted by atomic mass is 9.96. The van der Waals surface area contributed by atoms with Gasteiger partial charge < -0.3 is 55.1 Å². The zero-order chi connectivity index (χ0) is 25.0. The van der Waals surface area contributed by atoms with Crippen molar-refractivity contribution in [3.8, 4) is 0 Å². The topological polar surface area (TPSA) is 219 Å². The van der Waals surface area contributed by atoms with E-state index in [1.165, 1.54) is 0 Å². The average molecular weight is 489 g/mol. The van der Waals surface area contributed by atoms with Gasteiger partial charge in [-0.1, -0.05) is 30.3 Å². The fraction of sp³-hybridized carbons (Fsp3) is 0.667. The molecule has 2 heterocycles. The Hall–Kier alpha value is -1.75. The van der Waals surface area contributed by atoms with Gasteiger partial charge in [0.2, 0.25) is 0 Å². The number of nitrogens with one attached hydrogen (secondary N) is 1. The maximum atomic E-state index is 11.8. The summed E-state index contributed by atoms with van der Waals surface area (Å²) in [5, 5.41) is 82.5. The molecule has 0 aromatic heterocycles. The van der Waals surface area contributed by atoms with Gasteiger partial charge in [-0.3, -0.25) is 10.1 Å². The van der Waals surface area contributed by atoms with E-state index in [2.05, 4.69) is 5.32 Å². The van der Waals surface area contributed by atoms with Gasteiger partial charge in [0, 0.05) is 0 Å². The second-order valence-electron chi connectivity index (χ2n) is 8.30. The number of benzene rings is 1. The second-order valence-corrected chi connectivity index (χ2v) is 8.30. The van der Waals surface area contributed by atoms with E-state index in [-0.39, 0.29) is 6.42 Å². The molecular formula is C21H31NO12. The van der Waals surface area contributed by atoms with Crippen molar-refractivity contribution in [3.63, 3.8) is 0 Å². The summed E-state index contributed by atoms with van der Waals surface area (Å²) in [7, 11) is 0. The molecule has 0 aliphatic carbocycles. The number of hydrogen-bond donors (Lipinski definition) is 9. The van der Waals surface area contributed by atoms with Crippen molar-refractivity contribution in [1.82, 2.24) is 5.32 Å². The molecule has 0 bridgehead atoms. The van der Waals surface area contributed by atoms with Gasteiger partial charge in [0.25, 0.3) is 0 Å². The van der Waals surface area contributed by atoms with Crippen LogP contribution < -0.4 is 5.32 Å². The summed E-state index contributed by atoms with van der Waals surface area (Å²) in [6.07, 6.45) is -15.6. The summed E-state index contributed by atoms with van der Waals surface area (Å²) < 4.78 is 16.3. The van der Waals surface area contributed by atoms with E-state index in [4.69, 9.17) is 14.2 Å². The first-order valence-corrected chi connectivity index (χ1v) is 10.8. The summed E-state index contributed by atoms with van der Waals surface area (Å²) in [5.41, 5.74) is 0.704. The Bertz CT molecular complexity index is 780. The number of hydrogen-bond acceptors (Lipinski definition) is 12. The first kappa shape index (κ1) is 26.8. The van der Waals surface area contributed by atoms with Gasteiger partial charge in [-0.15, -0.1) is 0 Å². The average Bonchev–Trinajstić information content (AvgIpc) is 2.83. The van der Waals surface area contributed by atoms with E-state index < -0.39 is 86.6 Å². The Morgan fingerprint density at radius 3 is 2.12 bits per heavy atom. The zero-order valence-electron chi connectivity index (χ0n) is 18.1. The van der Waals surface area contributed by atoms with Crippen molar-refractivity contribution < 1.29 is 59.9 Å². The molecule has 13 heteroatoms. The highest BCUT2D eigenvalue weighted by Gasteiger charge is 2.50. The minimum absolute atomic E-state index is 0.0490. The molecular weight excluding hydrogens is 458 g/mol. The van der Waals surface area contributed by atoms with Crippen molar-refractivity contribution in [2.75, 3.05) is 13.2 Å². The van der Waals surface area contributed by atoms with Crippen LogP contribution in [0.1, 0.15) is 5.56 Å². The van der Waals surface area contributed by atoms with Crippen LogP contribution in [0.3, 0.4) is 0 Å². The Kier molecular flexibility index (Phi) is 9.31. The molecule has 2 saturated heterocycles. The molecule has 1 unspecified atom stereocenters. The van der Waals surface area contributed by atoms with Gasteiger partial charge >= 0.3 is 5.97 Å². The highest BCUT2D eigenvalue weighted by atomic mass is 16.7. The summed E-state index contributed by atoms with van der Waals surface area (Å²) >= 11 is 0. The molecule has 13 nitrogen and oxygen atoms in total. The van der Waals surface area contributed by atoms with Gasteiger partial charge in [-0.25, -0.2) is 0 Å². The third kappa shape index (κ3) is 5.90. The van der Waals surface area contributed by atoms with Gasteiger partial charge in [0.05, 0.1) is 13.2 Å². The van der Waals surface area contributed by atoms with Crippen LogP contribution >= 0.6 is 0 Å². The number of carboxylic acids is 1. The van der Waals surface area contributed by atoms with Crippen LogP contribution in [-0.2, 0) is 25.4 Å². The molecule has 0 saturated carbocycles. The van der Waals surface area contributed by atoms with E-state index in [0.29, 0.717) is 5.56 Å². The van der Waals surface area contributed by atoms with Crippen LogP contribution in [0.15, 0.2) is 30.3 Å². The highest BCUT2D eigenvalue weighted by molar-refractivity contribution is 5.74. The van der Waals surface area contributed by atoms with Crippen LogP contribution in [0.5, 0.6) is 0 Å². The van der Waals surface area contributed by atoms with Gasteiger partial charge in [-0.05, 0) is 12.0 Å². The molecule has 2 fully saturated rings. The fourth-order valence-electron chi connectivity index (χ4n) is 3.99. The Balaban J connectivity index is 1.70. The van der Waals surface area contributed by atoms with Crippen molar-refractivity contribution in [2.45, 2.75) is 73.8 Å². The summed E-state index contributed by atoms with van der Waals surface area (Å²) in [5.74, 6) is -1.23. The monoisotopic (exact) mass is 489 g/mol. The Morgan fingerprint density at radius 1 is 0.882 bits per heavy atom. The van der Waals surface area contributed by atoms with Crippen LogP contribution in [0.2, 0.25) is 0 Å². The third-order valence-corrected chi connectivity index (χ3v) is 5.95. The van der Waals surface area contributed by atoms with E-state index in [1.54, 1.807) is 30.3 Å². The van der Waals surface area contributed by atoms with E-state index in [9.17, 15) is 45.6 Å². The summed E-state index contributed by atoms with van der Waals surface area (Å²) in [4.78, 5) is 11.8. The number of rotatable bonds is 9. The molecule has 192 valence electrons. The molecule has 3 rings (SSSR count). The molecule has 11 atom stereocenters. The van der Waals surface area contributed by atoms with Gasteiger partial charge in [0.1, 0.15) is 61.1 Å². The number of ether oxygens (including phenoxy) is 3. The Labute approximate surface area is 194 Å². The first-order valence-electron chi connectivity index (χ1n) is 10.8. The van der Waals surface area contributed by atoms with E-state index in [0.717, 1.165) is 0 Å². The zero-order valence-corrected chi connectivity index (χ0v) is 18.1. The number of carboxylic acid groups (broad SMARTS) is 1. The maximum absolute atomic E-state index is 11.8. The highest BCUT2D eigenvalue weighted by Crippen LogP contribution is 2.29.